The van der Waals surface area contributed by atoms with Crippen molar-refractivity contribution in [2.45, 2.75) is 39.9 Å². The molecule has 0 saturated heterocycles. The molecule has 5 nitrogen and oxygen atoms in total. The lowest BCUT2D eigenvalue weighted by atomic mass is 10.3. The maximum Gasteiger partial charge on any atom is 0.320 e. The summed E-state index contributed by atoms with van der Waals surface area (Å²) >= 11 is 6.08. The van der Waals surface area contributed by atoms with Gasteiger partial charge in [0, 0.05) is 13.1 Å². The Hall–Kier alpha value is -1.07. The highest BCUT2D eigenvalue weighted by Crippen LogP contribution is 2.19. The van der Waals surface area contributed by atoms with Gasteiger partial charge < -0.3 is 5.11 Å². The molecule has 0 unspecified atom stereocenters. The highest BCUT2D eigenvalue weighted by Gasteiger charge is 2.15. The quantitative estimate of drug-likeness (QED) is 0.824. The molecule has 0 fully saturated rings. The molecule has 0 radical (unpaired) electrons. The Balaban J connectivity index is 2.76. The van der Waals surface area contributed by atoms with Crippen molar-refractivity contribution in [3.8, 4) is 0 Å². The maximum atomic E-state index is 10.6. The van der Waals surface area contributed by atoms with Crippen LogP contribution in [0, 0.1) is 6.92 Å². The van der Waals surface area contributed by atoms with E-state index in [0.29, 0.717) is 18.1 Å². The summed E-state index contributed by atoms with van der Waals surface area (Å²) in [4.78, 5) is 10.6. The van der Waals surface area contributed by atoms with Gasteiger partial charge in [-0.15, -0.1) is 0 Å². The van der Waals surface area contributed by atoms with E-state index in [1.54, 1.807) is 11.6 Å². The van der Waals surface area contributed by atoms with Crippen LogP contribution in [-0.4, -0.2) is 26.9 Å². The first-order chi connectivity index (χ1) is 7.47. The molecular formula is C10H16ClN3O2. The Morgan fingerprint density at radius 2 is 2.31 bits per heavy atom. The second-order valence-corrected chi connectivity index (χ2v) is 3.98. The van der Waals surface area contributed by atoms with E-state index >= 15 is 0 Å². The van der Waals surface area contributed by atoms with Gasteiger partial charge in [-0.2, -0.15) is 5.10 Å². The fraction of sp³-hybridized carbons (Fsp3) is 0.600. The van der Waals surface area contributed by atoms with Crippen molar-refractivity contribution in [1.82, 2.24) is 15.1 Å². The molecule has 0 aliphatic carbocycles. The lowest BCUT2D eigenvalue weighted by Gasteiger charge is -2.10. The van der Waals surface area contributed by atoms with E-state index in [2.05, 4.69) is 10.4 Å². The van der Waals surface area contributed by atoms with E-state index in [-0.39, 0.29) is 0 Å². The van der Waals surface area contributed by atoms with Crippen molar-refractivity contribution in [2.75, 3.05) is 0 Å². The Kier molecular flexibility index (Phi) is 4.32. The number of rotatable bonds is 5. The summed E-state index contributed by atoms with van der Waals surface area (Å²) in [5.74, 6) is -0.879. The van der Waals surface area contributed by atoms with Gasteiger partial charge in [0.05, 0.1) is 16.4 Å². The first kappa shape index (κ1) is 13.0. The summed E-state index contributed by atoms with van der Waals surface area (Å²) < 4.78 is 1.78. The number of carboxylic acid groups (broad SMARTS) is 1. The van der Waals surface area contributed by atoms with E-state index in [1.165, 1.54) is 0 Å². The van der Waals surface area contributed by atoms with Gasteiger partial charge in [-0.1, -0.05) is 11.6 Å². The van der Waals surface area contributed by atoms with Gasteiger partial charge in [0.2, 0.25) is 0 Å². The van der Waals surface area contributed by atoms with Crippen molar-refractivity contribution >= 4 is 17.6 Å². The Morgan fingerprint density at radius 3 is 2.81 bits per heavy atom. The monoisotopic (exact) mass is 245 g/mol. The normalized spacial score (nSPS) is 12.8. The number of nitrogens with zero attached hydrogens (tertiary/aromatic N) is 2. The van der Waals surface area contributed by atoms with Gasteiger partial charge in [0.25, 0.3) is 0 Å². The molecule has 1 aromatic rings. The fourth-order valence-electron chi connectivity index (χ4n) is 1.37. The van der Waals surface area contributed by atoms with E-state index < -0.39 is 12.0 Å². The largest absolute Gasteiger partial charge is 0.480 e. The zero-order valence-corrected chi connectivity index (χ0v) is 10.4. The molecule has 0 amide bonds. The molecule has 90 valence electrons. The smallest absolute Gasteiger partial charge is 0.320 e. The molecule has 1 atom stereocenters. The summed E-state index contributed by atoms with van der Waals surface area (Å²) in [6, 6.07) is -0.600. The molecule has 1 heterocycles. The Bertz CT molecular complexity index is 390. The lowest BCUT2D eigenvalue weighted by Crippen LogP contribution is -2.33. The zero-order valence-electron chi connectivity index (χ0n) is 9.62. The number of carboxylic acids is 1. The molecule has 0 saturated carbocycles. The third-order valence-corrected chi connectivity index (χ3v) is 2.89. The predicted octanol–water partition coefficient (Wildman–Crippen LogP) is 1.43. The van der Waals surface area contributed by atoms with Crippen LogP contribution in [0.3, 0.4) is 0 Å². The van der Waals surface area contributed by atoms with Gasteiger partial charge >= 0.3 is 5.97 Å². The molecule has 0 aliphatic rings. The molecule has 0 spiro atoms. The SMILES string of the molecule is CCn1nc(C)c(Cl)c1CN[C@H](C)C(=O)O. The van der Waals surface area contributed by atoms with Crippen LogP contribution in [-0.2, 0) is 17.9 Å². The van der Waals surface area contributed by atoms with Crippen LogP contribution in [0.1, 0.15) is 25.2 Å². The average Bonchev–Trinajstić information content (AvgIpc) is 2.51. The van der Waals surface area contributed by atoms with Gasteiger partial charge in [-0.25, -0.2) is 0 Å². The summed E-state index contributed by atoms with van der Waals surface area (Å²) in [7, 11) is 0. The number of nitrogens with one attached hydrogen (secondary N) is 1. The molecular weight excluding hydrogens is 230 g/mol. The number of carbonyl (C=O) groups is 1. The number of aromatic nitrogens is 2. The minimum atomic E-state index is -0.879. The number of hydrogen-bond acceptors (Lipinski definition) is 3. The van der Waals surface area contributed by atoms with E-state index in [4.69, 9.17) is 16.7 Å². The Morgan fingerprint density at radius 1 is 1.69 bits per heavy atom. The van der Waals surface area contributed by atoms with Gasteiger partial charge in [-0.3, -0.25) is 14.8 Å². The van der Waals surface area contributed by atoms with E-state index in [9.17, 15) is 4.79 Å². The maximum absolute atomic E-state index is 10.6. The minimum Gasteiger partial charge on any atom is -0.480 e. The van der Waals surface area contributed by atoms with Crippen LogP contribution >= 0.6 is 11.6 Å². The van der Waals surface area contributed by atoms with Crippen LogP contribution < -0.4 is 5.32 Å². The van der Waals surface area contributed by atoms with Crippen LogP contribution in [0.4, 0.5) is 0 Å². The van der Waals surface area contributed by atoms with Crippen molar-refractivity contribution in [2.24, 2.45) is 0 Å². The van der Waals surface area contributed by atoms with Crippen molar-refractivity contribution < 1.29 is 9.90 Å². The van der Waals surface area contributed by atoms with Gasteiger partial charge in [-0.05, 0) is 20.8 Å². The molecule has 1 rings (SSSR count). The average molecular weight is 246 g/mol. The first-order valence-electron chi connectivity index (χ1n) is 5.15. The van der Waals surface area contributed by atoms with Crippen LogP contribution in [0.2, 0.25) is 5.02 Å². The zero-order chi connectivity index (χ0) is 12.3. The molecule has 0 aromatic carbocycles. The molecule has 2 N–H and O–H groups in total. The van der Waals surface area contributed by atoms with E-state index in [1.807, 2.05) is 13.8 Å². The van der Waals surface area contributed by atoms with Gasteiger partial charge in [0.15, 0.2) is 0 Å². The lowest BCUT2D eigenvalue weighted by molar-refractivity contribution is -0.139. The van der Waals surface area contributed by atoms with Crippen LogP contribution in [0.25, 0.3) is 0 Å². The topological polar surface area (TPSA) is 67.2 Å². The van der Waals surface area contributed by atoms with Crippen molar-refractivity contribution in [1.29, 1.82) is 0 Å². The van der Waals surface area contributed by atoms with E-state index in [0.717, 1.165) is 11.4 Å². The van der Waals surface area contributed by atoms with Crippen LogP contribution in [0.5, 0.6) is 0 Å². The summed E-state index contributed by atoms with van der Waals surface area (Å²) in [5, 5.41) is 16.5. The predicted molar refractivity (Wildman–Crippen MR) is 61.6 cm³/mol. The number of hydrogen-bond donors (Lipinski definition) is 2. The van der Waals surface area contributed by atoms with Gasteiger partial charge in [0.1, 0.15) is 6.04 Å². The minimum absolute atomic E-state index is 0.404. The fourth-order valence-corrected chi connectivity index (χ4v) is 1.58. The molecule has 6 heteroatoms. The van der Waals surface area contributed by atoms with Crippen molar-refractivity contribution in [3.05, 3.63) is 16.4 Å². The molecule has 0 bridgehead atoms. The molecule has 1 aromatic heterocycles. The highest BCUT2D eigenvalue weighted by atomic mass is 35.5. The second kappa shape index (κ2) is 5.32. The summed E-state index contributed by atoms with van der Waals surface area (Å²) in [5.41, 5.74) is 1.60. The number of aryl methyl sites for hydroxylation is 2. The molecule has 16 heavy (non-hydrogen) atoms. The Labute approximate surface area is 99.4 Å². The number of aliphatic carboxylic acids is 1. The van der Waals surface area contributed by atoms with Crippen LogP contribution in [0.15, 0.2) is 0 Å². The highest BCUT2D eigenvalue weighted by molar-refractivity contribution is 6.31. The summed E-state index contributed by atoms with van der Waals surface area (Å²) in [6.07, 6.45) is 0. The number of halogens is 1. The van der Waals surface area contributed by atoms with Crippen molar-refractivity contribution in [3.63, 3.8) is 0 Å². The molecule has 0 aliphatic heterocycles. The third kappa shape index (κ3) is 2.74. The first-order valence-corrected chi connectivity index (χ1v) is 5.53. The third-order valence-electron chi connectivity index (χ3n) is 2.40. The standard InChI is InChI=1S/C10H16ClN3O2/c1-4-14-8(9(11)6(2)13-14)5-12-7(3)10(15)16/h7,12H,4-5H2,1-3H3,(H,15,16)/t7-/m1/s1. The second-order valence-electron chi connectivity index (χ2n) is 3.60. The summed E-state index contributed by atoms with van der Waals surface area (Å²) in [6.45, 7) is 6.51.